The third-order valence-corrected chi connectivity index (χ3v) is 5.14. The molecule has 0 N–H and O–H groups in total. The molecule has 2 aliphatic heterocycles. The Balaban J connectivity index is 1.45. The van der Waals surface area contributed by atoms with E-state index in [1.165, 1.54) is 0 Å². The highest BCUT2D eigenvalue weighted by molar-refractivity contribution is 5.97. The SMILES string of the molecule is CN(C)CCN1CCN(CCC(=O)c2ccc3c(c2)CC(=O)CO3)CC1. The summed E-state index contributed by atoms with van der Waals surface area (Å²) in [7, 11) is 4.20. The van der Waals surface area contributed by atoms with Gasteiger partial charge in [-0.25, -0.2) is 0 Å². The Hall–Kier alpha value is -1.76. The molecule has 2 heterocycles. The van der Waals surface area contributed by atoms with Crippen molar-refractivity contribution >= 4 is 11.6 Å². The molecule has 0 aromatic heterocycles. The van der Waals surface area contributed by atoms with Crippen molar-refractivity contribution in [3.63, 3.8) is 0 Å². The van der Waals surface area contributed by atoms with Crippen LogP contribution in [0.15, 0.2) is 18.2 Å². The van der Waals surface area contributed by atoms with E-state index in [1.807, 2.05) is 18.2 Å². The normalized spacial score (nSPS) is 18.7. The predicted octanol–water partition coefficient (Wildman–Crippen LogP) is 0.943. The van der Waals surface area contributed by atoms with E-state index in [1.54, 1.807) is 0 Å². The van der Waals surface area contributed by atoms with Gasteiger partial charge in [0.25, 0.3) is 0 Å². The molecule has 6 heteroatoms. The number of hydrogen-bond acceptors (Lipinski definition) is 6. The van der Waals surface area contributed by atoms with Crippen LogP contribution in [0.1, 0.15) is 22.3 Å². The average Bonchev–Trinajstić information content (AvgIpc) is 2.64. The van der Waals surface area contributed by atoms with E-state index >= 15 is 0 Å². The van der Waals surface area contributed by atoms with Gasteiger partial charge in [-0.05, 0) is 32.3 Å². The Bertz CT molecular complexity index is 652. The smallest absolute Gasteiger partial charge is 0.174 e. The Labute approximate surface area is 155 Å². The molecule has 0 saturated carbocycles. The minimum atomic E-state index is 0.0641. The maximum absolute atomic E-state index is 12.5. The van der Waals surface area contributed by atoms with Crippen LogP contribution in [0.25, 0.3) is 0 Å². The number of piperazine rings is 1. The summed E-state index contributed by atoms with van der Waals surface area (Å²) in [6, 6.07) is 5.46. The second-order valence-electron chi connectivity index (χ2n) is 7.49. The van der Waals surface area contributed by atoms with Gasteiger partial charge in [0.2, 0.25) is 0 Å². The molecule has 0 amide bonds. The molecule has 1 fully saturated rings. The number of hydrogen-bond donors (Lipinski definition) is 0. The molecule has 26 heavy (non-hydrogen) atoms. The Morgan fingerprint density at radius 2 is 1.81 bits per heavy atom. The van der Waals surface area contributed by atoms with Crippen LogP contribution in [0, 0.1) is 0 Å². The second-order valence-corrected chi connectivity index (χ2v) is 7.49. The van der Waals surface area contributed by atoms with E-state index in [0.29, 0.717) is 18.4 Å². The minimum Gasteiger partial charge on any atom is -0.486 e. The topological polar surface area (TPSA) is 53.1 Å². The first kappa shape index (κ1) is 19.0. The second kappa shape index (κ2) is 8.75. The summed E-state index contributed by atoms with van der Waals surface area (Å²) >= 11 is 0. The standard InChI is InChI=1S/C20H29N3O3/c1-21(2)7-8-23-11-9-22(10-12-23)6-5-19(25)16-3-4-20-17(13-16)14-18(24)15-26-20/h3-4,13H,5-12,14-15H2,1-2H3. The average molecular weight is 359 g/mol. The number of rotatable bonds is 7. The molecule has 0 bridgehead atoms. The number of carbonyl (C=O) groups excluding carboxylic acids is 2. The fourth-order valence-corrected chi connectivity index (χ4v) is 3.44. The molecule has 1 saturated heterocycles. The largest absolute Gasteiger partial charge is 0.486 e. The van der Waals surface area contributed by atoms with Crippen LogP contribution >= 0.6 is 0 Å². The molecule has 1 aromatic carbocycles. The first-order valence-corrected chi connectivity index (χ1v) is 9.41. The van der Waals surface area contributed by atoms with Gasteiger partial charge >= 0.3 is 0 Å². The van der Waals surface area contributed by atoms with Crippen molar-refractivity contribution in [1.29, 1.82) is 0 Å². The molecule has 6 nitrogen and oxygen atoms in total. The molecule has 0 unspecified atom stereocenters. The Morgan fingerprint density at radius 1 is 1.12 bits per heavy atom. The van der Waals surface area contributed by atoms with Gasteiger partial charge in [0.1, 0.15) is 12.4 Å². The first-order valence-electron chi connectivity index (χ1n) is 9.41. The number of fused-ring (bicyclic) bond motifs is 1. The molecule has 2 aliphatic rings. The van der Waals surface area contributed by atoms with Gasteiger partial charge in [0.05, 0.1) is 0 Å². The number of ketones is 2. The van der Waals surface area contributed by atoms with E-state index in [0.717, 1.165) is 57.1 Å². The maximum Gasteiger partial charge on any atom is 0.174 e. The van der Waals surface area contributed by atoms with E-state index in [2.05, 4.69) is 28.8 Å². The number of carbonyl (C=O) groups is 2. The van der Waals surface area contributed by atoms with Crippen LogP contribution in [0.3, 0.4) is 0 Å². The van der Waals surface area contributed by atoms with Crippen molar-refractivity contribution in [1.82, 2.24) is 14.7 Å². The third-order valence-electron chi connectivity index (χ3n) is 5.14. The molecular weight excluding hydrogens is 330 g/mol. The van der Waals surface area contributed by atoms with Crippen LogP contribution < -0.4 is 4.74 Å². The summed E-state index contributed by atoms with van der Waals surface area (Å²) in [6.45, 7) is 7.31. The summed E-state index contributed by atoms with van der Waals surface area (Å²) < 4.78 is 5.39. The molecular formula is C20H29N3O3. The highest BCUT2D eigenvalue weighted by atomic mass is 16.5. The summed E-state index contributed by atoms with van der Waals surface area (Å²) in [4.78, 5) is 31.1. The molecule has 3 rings (SSSR count). The number of Topliss-reactive ketones (excluding diaryl/α,β-unsaturated/α-hetero) is 2. The lowest BCUT2D eigenvalue weighted by molar-refractivity contribution is -0.121. The minimum absolute atomic E-state index is 0.0641. The molecule has 0 aliphatic carbocycles. The summed E-state index contributed by atoms with van der Waals surface area (Å²) in [5, 5.41) is 0. The van der Waals surface area contributed by atoms with Gasteiger partial charge in [-0.1, -0.05) is 0 Å². The van der Waals surface area contributed by atoms with E-state index in [4.69, 9.17) is 4.74 Å². The Morgan fingerprint density at radius 3 is 2.50 bits per heavy atom. The molecule has 0 atom stereocenters. The molecule has 142 valence electrons. The zero-order valence-corrected chi connectivity index (χ0v) is 15.9. The van der Waals surface area contributed by atoms with E-state index in [-0.39, 0.29) is 18.2 Å². The monoisotopic (exact) mass is 359 g/mol. The number of ether oxygens (including phenoxy) is 1. The van der Waals surface area contributed by atoms with Crippen LogP contribution in [0.2, 0.25) is 0 Å². The van der Waals surface area contributed by atoms with Gasteiger partial charge in [-0.2, -0.15) is 0 Å². The van der Waals surface area contributed by atoms with Gasteiger partial charge in [-0.3, -0.25) is 14.5 Å². The summed E-state index contributed by atoms with van der Waals surface area (Å²) in [5.41, 5.74) is 1.52. The third kappa shape index (κ3) is 5.13. The zero-order valence-electron chi connectivity index (χ0n) is 15.9. The molecule has 1 aromatic rings. The van der Waals surface area contributed by atoms with Gasteiger partial charge in [0, 0.05) is 69.8 Å². The fourth-order valence-electron chi connectivity index (χ4n) is 3.44. The number of benzene rings is 1. The fraction of sp³-hybridized carbons (Fsp3) is 0.600. The summed E-state index contributed by atoms with van der Waals surface area (Å²) in [5.74, 6) is 0.935. The van der Waals surface area contributed by atoms with Crippen molar-refractivity contribution in [3.8, 4) is 5.75 Å². The number of likely N-dealkylation sites (N-methyl/N-ethyl adjacent to an activating group) is 1. The lowest BCUT2D eigenvalue weighted by atomic mass is 9.99. The van der Waals surface area contributed by atoms with Crippen LogP contribution in [0.4, 0.5) is 0 Å². The molecule has 0 spiro atoms. The van der Waals surface area contributed by atoms with Gasteiger partial charge in [0.15, 0.2) is 11.6 Å². The Kier molecular flexibility index (Phi) is 6.40. The quantitative estimate of drug-likeness (QED) is 0.676. The van der Waals surface area contributed by atoms with Crippen molar-refractivity contribution in [3.05, 3.63) is 29.3 Å². The van der Waals surface area contributed by atoms with E-state index < -0.39 is 0 Å². The van der Waals surface area contributed by atoms with Gasteiger partial charge < -0.3 is 14.5 Å². The lowest BCUT2D eigenvalue weighted by Gasteiger charge is -2.35. The zero-order chi connectivity index (χ0) is 18.5. The first-order chi connectivity index (χ1) is 12.5. The van der Waals surface area contributed by atoms with Crippen molar-refractivity contribution in [2.75, 3.05) is 66.5 Å². The van der Waals surface area contributed by atoms with Crippen molar-refractivity contribution < 1.29 is 14.3 Å². The van der Waals surface area contributed by atoms with Crippen molar-refractivity contribution in [2.24, 2.45) is 0 Å². The molecule has 0 radical (unpaired) electrons. The van der Waals surface area contributed by atoms with Crippen LogP contribution in [-0.2, 0) is 11.2 Å². The lowest BCUT2D eigenvalue weighted by Crippen LogP contribution is -2.48. The van der Waals surface area contributed by atoms with Gasteiger partial charge in [-0.15, -0.1) is 0 Å². The van der Waals surface area contributed by atoms with Crippen LogP contribution in [-0.4, -0.2) is 92.8 Å². The highest BCUT2D eigenvalue weighted by Gasteiger charge is 2.20. The highest BCUT2D eigenvalue weighted by Crippen LogP contribution is 2.25. The summed E-state index contributed by atoms with van der Waals surface area (Å²) in [6.07, 6.45) is 0.886. The van der Waals surface area contributed by atoms with E-state index in [9.17, 15) is 9.59 Å². The van der Waals surface area contributed by atoms with Crippen LogP contribution in [0.5, 0.6) is 5.75 Å². The van der Waals surface area contributed by atoms with Crippen molar-refractivity contribution in [2.45, 2.75) is 12.8 Å². The predicted molar refractivity (Wildman–Crippen MR) is 101 cm³/mol. The maximum atomic E-state index is 12.5. The number of nitrogens with zero attached hydrogens (tertiary/aromatic N) is 3.